The summed E-state index contributed by atoms with van der Waals surface area (Å²) in [4.78, 5) is 11.5. The zero-order chi connectivity index (χ0) is 19.0. The molecule has 0 aromatic heterocycles. The fourth-order valence-electron chi connectivity index (χ4n) is 3.12. The Morgan fingerprint density at radius 2 is 1.85 bits per heavy atom. The molecule has 0 atom stereocenters. The first kappa shape index (κ1) is 19.8. The monoisotopic (exact) mass is 376 g/mol. The van der Waals surface area contributed by atoms with Crippen molar-refractivity contribution in [1.29, 1.82) is 0 Å². The van der Waals surface area contributed by atoms with Crippen molar-refractivity contribution in [2.75, 3.05) is 12.9 Å². The Morgan fingerprint density at radius 3 is 2.42 bits per heavy atom. The van der Waals surface area contributed by atoms with Crippen molar-refractivity contribution in [3.8, 4) is 0 Å². The molecule has 1 saturated heterocycles. The second-order valence-electron chi connectivity index (χ2n) is 8.58. The van der Waals surface area contributed by atoms with Crippen LogP contribution in [0, 0.1) is 5.41 Å². The summed E-state index contributed by atoms with van der Waals surface area (Å²) in [7, 11) is 1.14. The van der Waals surface area contributed by atoms with Crippen molar-refractivity contribution in [1.82, 2.24) is 0 Å². The number of methoxy groups -OCH3 is 1. The van der Waals surface area contributed by atoms with Gasteiger partial charge < -0.3 is 14.0 Å². The number of rotatable bonds is 7. The first-order valence-corrected chi connectivity index (χ1v) is 10.4. The molecule has 4 nitrogen and oxygen atoms in total. The van der Waals surface area contributed by atoms with Gasteiger partial charge in [-0.05, 0) is 62.7 Å². The maximum Gasteiger partial charge on any atom is 0.494 e. The Bertz CT molecular complexity index is 654. The number of benzene rings is 1. The van der Waals surface area contributed by atoms with Crippen LogP contribution in [-0.2, 0) is 24.6 Å². The van der Waals surface area contributed by atoms with Crippen LogP contribution in [0.25, 0.3) is 0 Å². The fourth-order valence-corrected chi connectivity index (χ4v) is 4.46. The third kappa shape index (κ3) is 4.29. The largest absolute Gasteiger partial charge is 0.494 e. The van der Waals surface area contributed by atoms with Crippen LogP contribution in [0.4, 0.5) is 0 Å². The molecule has 3 rings (SSSR count). The van der Waals surface area contributed by atoms with Crippen LogP contribution in [0.3, 0.4) is 0 Å². The molecular weight excluding hydrogens is 347 g/mol. The minimum Gasteiger partial charge on any atom is -0.469 e. The van der Waals surface area contributed by atoms with Gasteiger partial charge in [0, 0.05) is 5.75 Å². The van der Waals surface area contributed by atoms with E-state index in [1.807, 2.05) is 11.8 Å². The van der Waals surface area contributed by atoms with Crippen molar-refractivity contribution in [2.45, 2.75) is 63.9 Å². The highest BCUT2D eigenvalue weighted by molar-refractivity contribution is 7.98. The molecule has 0 N–H and O–H groups in total. The van der Waals surface area contributed by atoms with Gasteiger partial charge in [0.25, 0.3) is 0 Å². The van der Waals surface area contributed by atoms with Crippen molar-refractivity contribution in [2.24, 2.45) is 5.41 Å². The molecule has 0 unspecified atom stereocenters. The van der Waals surface area contributed by atoms with Crippen LogP contribution < -0.4 is 5.46 Å². The molecule has 142 valence electrons. The molecular formula is C20H29BO4S. The number of hydrogen-bond donors (Lipinski definition) is 0. The molecule has 1 saturated carbocycles. The number of carbonyl (C=O) groups excluding carboxylic acids is 1. The SMILES string of the molecule is COC(=O)CC1(CSCc2cccc(B3OC(C)(C)C(C)(C)O3)c2)CC1. The number of carbonyl (C=O) groups is 1. The van der Waals surface area contributed by atoms with Gasteiger partial charge in [0.2, 0.25) is 0 Å². The lowest BCUT2D eigenvalue weighted by Gasteiger charge is -2.32. The van der Waals surface area contributed by atoms with Crippen molar-refractivity contribution < 1.29 is 18.8 Å². The minimum absolute atomic E-state index is 0.0918. The molecule has 1 aromatic rings. The van der Waals surface area contributed by atoms with Crippen molar-refractivity contribution in [3.63, 3.8) is 0 Å². The molecule has 26 heavy (non-hydrogen) atoms. The minimum atomic E-state index is -0.325. The van der Waals surface area contributed by atoms with Crippen molar-refractivity contribution >= 4 is 30.3 Å². The lowest BCUT2D eigenvalue weighted by Crippen LogP contribution is -2.41. The van der Waals surface area contributed by atoms with E-state index < -0.39 is 0 Å². The summed E-state index contributed by atoms with van der Waals surface area (Å²) in [6.07, 6.45) is 2.80. The van der Waals surface area contributed by atoms with Crippen LogP contribution in [-0.4, -0.2) is 37.2 Å². The second-order valence-corrected chi connectivity index (χ2v) is 9.56. The highest BCUT2D eigenvalue weighted by Gasteiger charge is 2.51. The zero-order valence-corrected chi connectivity index (χ0v) is 17.3. The van der Waals surface area contributed by atoms with E-state index in [1.165, 1.54) is 12.7 Å². The van der Waals surface area contributed by atoms with Crippen LogP contribution >= 0.6 is 11.8 Å². The third-order valence-corrected chi connectivity index (χ3v) is 7.21. The van der Waals surface area contributed by atoms with E-state index in [1.54, 1.807) is 0 Å². The number of esters is 1. The van der Waals surface area contributed by atoms with Crippen LogP contribution in [0.15, 0.2) is 24.3 Å². The highest BCUT2D eigenvalue weighted by atomic mass is 32.2. The standard InChI is InChI=1S/C20H29BO4S/c1-18(2)19(3,4)25-21(24-18)16-8-6-7-15(11-16)13-26-14-20(9-10-20)12-17(22)23-5/h6-8,11H,9-10,12-14H2,1-5H3. The molecule has 0 spiro atoms. The van der Waals surface area contributed by atoms with Gasteiger partial charge in [-0.25, -0.2) is 0 Å². The molecule has 1 aliphatic heterocycles. The predicted octanol–water partition coefficient (Wildman–Crippen LogP) is 3.56. The van der Waals surface area contributed by atoms with Crippen LogP contribution in [0.1, 0.15) is 52.5 Å². The summed E-state index contributed by atoms with van der Waals surface area (Å²) in [6.45, 7) is 8.29. The smallest absolute Gasteiger partial charge is 0.469 e. The summed E-state index contributed by atoms with van der Waals surface area (Å²) in [6, 6.07) is 8.45. The predicted molar refractivity (Wildman–Crippen MR) is 107 cm³/mol. The van der Waals surface area contributed by atoms with E-state index in [0.717, 1.165) is 29.8 Å². The van der Waals surface area contributed by atoms with Gasteiger partial charge in [-0.3, -0.25) is 4.79 Å². The van der Waals surface area contributed by atoms with Gasteiger partial charge >= 0.3 is 13.1 Å². The second kappa shape index (κ2) is 7.21. The van der Waals surface area contributed by atoms with Gasteiger partial charge in [0.15, 0.2) is 0 Å². The lowest BCUT2D eigenvalue weighted by atomic mass is 9.78. The Hall–Kier alpha value is -0.975. The zero-order valence-electron chi connectivity index (χ0n) is 16.5. The molecule has 0 radical (unpaired) electrons. The average molecular weight is 376 g/mol. The Labute approximate surface area is 161 Å². The lowest BCUT2D eigenvalue weighted by molar-refractivity contribution is -0.141. The van der Waals surface area contributed by atoms with Crippen LogP contribution in [0.5, 0.6) is 0 Å². The first-order chi connectivity index (χ1) is 12.2. The van der Waals surface area contributed by atoms with E-state index in [4.69, 9.17) is 14.0 Å². The molecule has 0 bridgehead atoms. The summed E-state index contributed by atoms with van der Waals surface area (Å²) in [5, 5.41) is 0. The molecule has 2 aliphatic rings. The topological polar surface area (TPSA) is 44.8 Å². The van der Waals surface area contributed by atoms with Gasteiger partial charge in [-0.15, -0.1) is 0 Å². The van der Waals surface area contributed by atoms with Crippen LogP contribution in [0.2, 0.25) is 0 Å². The molecule has 1 aliphatic carbocycles. The van der Waals surface area contributed by atoms with E-state index in [0.29, 0.717) is 6.42 Å². The molecule has 2 fully saturated rings. The maximum absolute atomic E-state index is 11.5. The molecule has 1 aromatic carbocycles. The third-order valence-electron chi connectivity index (χ3n) is 5.86. The summed E-state index contributed by atoms with van der Waals surface area (Å²) in [5.74, 6) is 1.84. The quantitative estimate of drug-likeness (QED) is 0.538. The number of ether oxygens (including phenoxy) is 1. The highest BCUT2D eigenvalue weighted by Crippen LogP contribution is 2.51. The molecule has 1 heterocycles. The van der Waals surface area contributed by atoms with E-state index in [9.17, 15) is 4.79 Å². The summed E-state index contributed by atoms with van der Waals surface area (Å²) in [5.41, 5.74) is 1.85. The average Bonchev–Trinajstić information content (AvgIpc) is 3.28. The maximum atomic E-state index is 11.5. The summed E-state index contributed by atoms with van der Waals surface area (Å²) < 4.78 is 17.1. The molecule has 6 heteroatoms. The van der Waals surface area contributed by atoms with Gasteiger partial charge in [-0.1, -0.05) is 24.3 Å². The first-order valence-electron chi connectivity index (χ1n) is 9.25. The Balaban J connectivity index is 1.56. The number of hydrogen-bond acceptors (Lipinski definition) is 5. The fraction of sp³-hybridized carbons (Fsp3) is 0.650. The van der Waals surface area contributed by atoms with E-state index in [2.05, 4.69) is 52.0 Å². The van der Waals surface area contributed by atoms with E-state index in [-0.39, 0.29) is 29.7 Å². The normalized spacial score (nSPS) is 22.3. The molecule has 0 amide bonds. The summed E-state index contributed by atoms with van der Waals surface area (Å²) >= 11 is 1.89. The Kier molecular flexibility index (Phi) is 5.49. The van der Waals surface area contributed by atoms with E-state index >= 15 is 0 Å². The van der Waals surface area contributed by atoms with Crippen molar-refractivity contribution in [3.05, 3.63) is 29.8 Å². The number of thioether (sulfide) groups is 1. The van der Waals surface area contributed by atoms with Gasteiger partial charge in [-0.2, -0.15) is 11.8 Å². The van der Waals surface area contributed by atoms with Gasteiger partial charge in [0.1, 0.15) is 0 Å². The van der Waals surface area contributed by atoms with Gasteiger partial charge in [0.05, 0.1) is 24.7 Å². The Morgan fingerprint density at radius 1 is 1.19 bits per heavy atom.